The monoisotopic (exact) mass is 295 g/mol. The van der Waals surface area contributed by atoms with Crippen LogP contribution in [0.25, 0.3) is 0 Å². The van der Waals surface area contributed by atoms with Gasteiger partial charge in [0.25, 0.3) is 0 Å². The largest absolute Gasteiger partial charge is 0.345 e. The highest BCUT2D eigenvalue weighted by molar-refractivity contribution is 7.15. The van der Waals surface area contributed by atoms with E-state index in [1.807, 2.05) is 11.3 Å². The summed E-state index contributed by atoms with van der Waals surface area (Å²) in [5.41, 5.74) is 1.20. The Morgan fingerprint density at radius 3 is 2.55 bits per heavy atom. The number of thiazole rings is 1. The molecule has 1 aliphatic rings. The van der Waals surface area contributed by atoms with E-state index in [1.54, 1.807) is 0 Å². The van der Waals surface area contributed by atoms with Crippen LogP contribution in [0.4, 0.5) is 5.13 Å². The van der Waals surface area contributed by atoms with Crippen molar-refractivity contribution in [1.29, 1.82) is 0 Å². The fourth-order valence-electron chi connectivity index (χ4n) is 2.26. The first kappa shape index (κ1) is 15.8. The normalized spacial score (nSPS) is 15.3. The molecule has 2 rings (SSSR count). The molecule has 0 radical (unpaired) electrons. The summed E-state index contributed by atoms with van der Waals surface area (Å²) in [6.45, 7) is 14.4. The number of aryl methyl sites for hydroxylation is 1. The molecule has 0 aliphatic heterocycles. The van der Waals surface area contributed by atoms with Crippen molar-refractivity contribution >= 4 is 16.5 Å². The van der Waals surface area contributed by atoms with Gasteiger partial charge in [0.1, 0.15) is 0 Å². The van der Waals surface area contributed by atoms with Crippen molar-refractivity contribution in [2.45, 2.75) is 60.0 Å². The number of aromatic nitrogens is 1. The van der Waals surface area contributed by atoms with Gasteiger partial charge in [0, 0.05) is 24.0 Å². The molecule has 1 aromatic rings. The Morgan fingerprint density at radius 2 is 2.00 bits per heavy atom. The zero-order chi connectivity index (χ0) is 14.7. The predicted molar refractivity (Wildman–Crippen MR) is 88.6 cm³/mol. The lowest BCUT2D eigenvalue weighted by Gasteiger charge is -2.26. The Bertz CT molecular complexity index is 421. The first-order valence-electron chi connectivity index (χ1n) is 7.91. The van der Waals surface area contributed by atoms with Crippen molar-refractivity contribution in [3.63, 3.8) is 0 Å². The van der Waals surface area contributed by atoms with Crippen LogP contribution in [0.2, 0.25) is 0 Å². The van der Waals surface area contributed by atoms with Crippen LogP contribution in [-0.4, -0.2) is 24.1 Å². The van der Waals surface area contributed by atoms with Gasteiger partial charge in [-0.1, -0.05) is 13.8 Å². The standard InChI is InChI=1S/C16H29N3S/c1-11(2)8-17-9-15-13(5)18-16(20-15)19(12(3)4)10-14-6-7-14/h11-12,14,17H,6-10H2,1-5H3. The van der Waals surface area contributed by atoms with E-state index in [4.69, 9.17) is 4.98 Å². The second kappa shape index (κ2) is 6.90. The Kier molecular flexibility index (Phi) is 5.44. The van der Waals surface area contributed by atoms with Gasteiger partial charge >= 0.3 is 0 Å². The minimum absolute atomic E-state index is 0.539. The number of hydrogen-bond acceptors (Lipinski definition) is 4. The van der Waals surface area contributed by atoms with Gasteiger partial charge in [-0.3, -0.25) is 0 Å². The molecule has 0 amide bonds. The first-order valence-corrected chi connectivity index (χ1v) is 8.72. The average Bonchev–Trinajstić information content (AvgIpc) is 3.10. The maximum Gasteiger partial charge on any atom is 0.186 e. The van der Waals surface area contributed by atoms with Gasteiger partial charge in [0.2, 0.25) is 0 Å². The average molecular weight is 295 g/mol. The molecule has 0 aromatic carbocycles. The highest BCUT2D eigenvalue weighted by Gasteiger charge is 2.27. The van der Waals surface area contributed by atoms with Gasteiger partial charge in [0.15, 0.2) is 5.13 Å². The zero-order valence-corrected chi connectivity index (χ0v) is 14.4. The number of rotatable bonds is 8. The lowest BCUT2D eigenvalue weighted by molar-refractivity contribution is 0.554. The first-order chi connectivity index (χ1) is 9.47. The highest BCUT2D eigenvalue weighted by atomic mass is 32.1. The molecule has 20 heavy (non-hydrogen) atoms. The third-order valence-corrected chi connectivity index (χ3v) is 4.93. The predicted octanol–water partition coefficient (Wildman–Crippen LogP) is 3.82. The molecule has 0 bridgehead atoms. The smallest absolute Gasteiger partial charge is 0.186 e. The lowest BCUT2D eigenvalue weighted by atomic mass is 10.2. The van der Waals surface area contributed by atoms with Crippen LogP contribution < -0.4 is 10.2 Å². The minimum atomic E-state index is 0.539. The lowest BCUT2D eigenvalue weighted by Crippen LogP contribution is -2.32. The molecular weight excluding hydrogens is 266 g/mol. The summed E-state index contributed by atoms with van der Waals surface area (Å²) in [7, 11) is 0. The number of nitrogens with zero attached hydrogens (tertiary/aromatic N) is 2. The second-order valence-electron chi connectivity index (χ2n) is 6.72. The van der Waals surface area contributed by atoms with Crippen molar-refractivity contribution in [3.8, 4) is 0 Å². The van der Waals surface area contributed by atoms with Crippen molar-refractivity contribution in [2.75, 3.05) is 18.0 Å². The van der Waals surface area contributed by atoms with Crippen LogP contribution in [0.1, 0.15) is 51.1 Å². The fraction of sp³-hybridized carbons (Fsp3) is 0.812. The molecule has 1 aromatic heterocycles. The van der Waals surface area contributed by atoms with E-state index in [9.17, 15) is 0 Å². The summed E-state index contributed by atoms with van der Waals surface area (Å²) >= 11 is 1.87. The summed E-state index contributed by atoms with van der Waals surface area (Å²) in [6, 6.07) is 0.539. The summed E-state index contributed by atoms with van der Waals surface area (Å²) < 4.78 is 0. The third kappa shape index (κ3) is 4.45. The number of hydrogen-bond donors (Lipinski definition) is 1. The molecule has 4 heteroatoms. The molecule has 1 fully saturated rings. The molecule has 0 unspecified atom stereocenters. The summed E-state index contributed by atoms with van der Waals surface area (Å²) in [5, 5.41) is 4.74. The molecule has 1 saturated carbocycles. The highest BCUT2D eigenvalue weighted by Crippen LogP contribution is 2.34. The second-order valence-corrected chi connectivity index (χ2v) is 7.78. The zero-order valence-electron chi connectivity index (χ0n) is 13.6. The van der Waals surface area contributed by atoms with Crippen molar-refractivity contribution in [1.82, 2.24) is 10.3 Å². The molecule has 0 saturated heterocycles. The van der Waals surface area contributed by atoms with Crippen LogP contribution in [0.5, 0.6) is 0 Å². The van der Waals surface area contributed by atoms with Crippen LogP contribution in [-0.2, 0) is 6.54 Å². The fourth-order valence-corrected chi connectivity index (χ4v) is 3.44. The Morgan fingerprint density at radius 1 is 1.30 bits per heavy atom. The van der Waals surface area contributed by atoms with Crippen LogP contribution >= 0.6 is 11.3 Å². The van der Waals surface area contributed by atoms with Crippen molar-refractivity contribution in [2.24, 2.45) is 11.8 Å². The van der Waals surface area contributed by atoms with Gasteiger partial charge in [-0.2, -0.15) is 0 Å². The van der Waals surface area contributed by atoms with Crippen molar-refractivity contribution in [3.05, 3.63) is 10.6 Å². The summed E-state index contributed by atoms with van der Waals surface area (Å²) in [5.74, 6) is 1.61. The van der Waals surface area contributed by atoms with Gasteiger partial charge in [-0.05, 0) is 52.0 Å². The SMILES string of the molecule is Cc1nc(N(CC2CC2)C(C)C)sc1CNCC(C)C. The topological polar surface area (TPSA) is 28.2 Å². The Labute approximate surface area is 127 Å². The van der Waals surface area contributed by atoms with Crippen LogP contribution in [0, 0.1) is 18.8 Å². The van der Waals surface area contributed by atoms with Crippen LogP contribution in [0.3, 0.4) is 0 Å². The van der Waals surface area contributed by atoms with E-state index in [0.29, 0.717) is 12.0 Å². The van der Waals surface area contributed by atoms with Gasteiger partial charge in [0.05, 0.1) is 5.69 Å². The van der Waals surface area contributed by atoms with Crippen LogP contribution in [0.15, 0.2) is 0 Å². The summed E-state index contributed by atoms with van der Waals surface area (Å²) in [6.07, 6.45) is 2.80. The Balaban J connectivity index is 1.99. The molecule has 0 atom stereocenters. The van der Waals surface area contributed by atoms with E-state index < -0.39 is 0 Å². The maximum absolute atomic E-state index is 4.82. The molecule has 3 nitrogen and oxygen atoms in total. The van der Waals surface area contributed by atoms with E-state index in [1.165, 1.54) is 35.1 Å². The number of anilines is 1. The molecular formula is C16H29N3S. The quantitative estimate of drug-likeness (QED) is 0.790. The van der Waals surface area contributed by atoms with Gasteiger partial charge in [-0.15, -0.1) is 11.3 Å². The molecule has 0 spiro atoms. The van der Waals surface area contributed by atoms with E-state index >= 15 is 0 Å². The van der Waals surface area contributed by atoms with Gasteiger partial charge < -0.3 is 10.2 Å². The van der Waals surface area contributed by atoms with Crippen molar-refractivity contribution < 1.29 is 0 Å². The molecule has 1 N–H and O–H groups in total. The van der Waals surface area contributed by atoms with E-state index in [2.05, 4.69) is 44.8 Å². The molecule has 114 valence electrons. The number of nitrogens with one attached hydrogen (secondary N) is 1. The molecule has 1 heterocycles. The molecule has 1 aliphatic carbocycles. The third-order valence-electron chi connectivity index (χ3n) is 3.74. The van der Waals surface area contributed by atoms with Gasteiger partial charge in [-0.25, -0.2) is 4.98 Å². The minimum Gasteiger partial charge on any atom is -0.345 e. The summed E-state index contributed by atoms with van der Waals surface area (Å²) in [4.78, 5) is 8.69. The maximum atomic E-state index is 4.82. The van der Waals surface area contributed by atoms with E-state index in [-0.39, 0.29) is 0 Å². The van der Waals surface area contributed by atoms with E-state index in [0.717, 1.165) is 19.0 Å². The Hall–Kier alpha value is -0.610.